The number of hydrogen-bond donors (Lipinski definition) is 1. The molecule has 0 aromatic heterocycles. The van der Waals surface area contributed by atoms with Gasteiger partial charge < -0.3 is 10.2 Å². The van der Waals surface area contributed by atoms with E-state index in [0.29, 0.717) is 5.91 Å². The van der Waals surface area contributed by atoms with Crippen molar-refractivity contribution in [1.82, 2.24) is 10.2 Å². The lowest BCUT2D eigenvalue weighted by Crippen LogP contribution is -2.51. The van der Waals surface area contributed by atoms with E-state index in [4.69, 9.17) is 11.6 Å². The fourth-order valence-corrected chi connectivity index (χ4v) is 3.07. The van der Waals surface area contributed by atoms with Gasteiger partial charge in [0.15, 0.2) is 0 Å². The van der Waals surface area contributed by atoms with Crippen LogP contribution in [-0.2, 0) is 4.79 Å². The van der Waals surface area contributed by atoms with Gasteiger partial charge in [-0.15, -0.1) is 0 Å². The minimum Gasteiger partial charge on any atom is -0.333 e. The van der Waals surface area contributed by atoms with Crippen LogP contribution in [0.25, 0.3) is 0 Å². The predicted molar refractivity (Wildman–Crippen MR) is 76.1 cm³/mol. The fraction of sp³-hybridized carbons (Fsp3) is 0.533. The lowest BCUT2D eigenvalue weighted by molar-refractivity contribution is -0.141. The molecule has 3 nitrogen and oxygen atoms in total. The van der Waals surface area contributed by atoms with Crippen molar-refractivity contribution in [2.24, 2.45) is 5.92 Å². The van der Waals surface area contributed by atoms with E-state index >= 15 is 0 Å². The number of piperazine rings is 1. The quantitative estimate of drug-likeness (QED) is 0.902. The molecule has 1 N–H and O–H groups in total. The Hall–Kier alpha value is -1.06. The highest BCUT2D eigenvalue weighted by atomic mass is 35.5. The molecule has 3 rings (SSSR count). The summed E-state index contributed by atoms with van der Waals surface area (Å²) < 4.78 is 0. The molecule has 1 heterocycles. The summed E-state index contributed by atoms with van der Waals surface area (Å²) >= 11 is 6.07. The number of amides is 1. The molecule has 1 amide bonds. The summed E-state index contributed by atoms with van der Waals surface area (Å²) in [5, 5.41) is 4.11. The molecule has 1 saturated heterocycles. The highest BCUT2D eigenvalue weighted by Gasteiger charge is 2.34. The topological polar surface area (TPSA) is 32.3 Å². The first-order valence-corrected chi connectivity index (χ1v) is 7.40. The first kappa shape index (κ1) is 12.9. The van der Waals surface area contributed by atoms with E-state index in [-0.39, 0.29) is 12.0 Å². The van der Waals surface area contributed by atoms with Crippen molar-refractivity contribution in [1.29, 1.82) is 0 Å². The molecule has 2 aliphatic rings. The molecule has 0 radical (unpaired) electrons. The third kappa shape index (κ3) is 2.63. The van der Waals surface area contributed by atoms with Gasteiger partial charge in [0.2, 0.25) is 5.91 Å². The van der Waals surface area contributed by atoms with Crippen LogP contribution in [0.5, 0.6) is 0 Å². The summed E-state index contributed by atoms with van der Waals surface area (Å²) in [5.74, 6) is 0.595. The highest BCUT2D eigenvalue weighted by molar-refractivity contribution is 6.30. The number of halogens is 1. The van der Waals surface area contributed by atoms with E-state index in [1.165, 1.54) is 6.42 Å². The van der Waals surface area contributed by atoms with Crippen molar-refractivity contribution in [3.8, 4) is 0 Å². The van der Waals surface area contributed by atoms with Gasteiger partial charge in [-0.3, -0.25) is 4.79 Å². The number of carbonyl (C=O) groups excluding carboxylic acids is 1. The molecule has 4 heteroatoms. The predicted octanol–water partition coefficient (Wildman–Crippen LogP) is 2.61. The molecule has 2 fully saturated rings. The maximum atomic E-state index is 12.5. The zero-order valence-electron chi connectivity index (χ0n) is 10.9. The van der Waals surface area contributed by atoms with Crippen LogP contribution in [0.4, 0.5) is 0 Å². The van der Waals surface area contributed by atoms with Gasteiger partial charge in [-0.1, -0.05) is 30.2 Å². The molecule has 1 atom stereocenters. The Morgan fingerprint density at radius 1 is 1.37 bits per heavy atom. The Kier molecular flexibility index (Phi) is 3.76. The van der Waals surface area contributed by atoms with Gasteiger partial charge in [-0.05, 0) is 30.5 Å². The Morgan fingerprint density at radius 3 is 2.89 bits per heavy atom. The molecule has 1 aromatic rings. The molecule has 1 saturated carbocycles. The molecular formula is C15H19ClN2O. The maximum Gasteiger partial charge on any atom is 0.226 e. The highest BCUT2D eigenvalue weighted by Crippen LogP contribution is 2.32. The Balaban J connectivity index is 1.82. The standard InChI is InChI=1S/C15H19ClN2O/c16-13-6-2-5-12(9-13)14-10-17-7-8-18(14)15(19)11-3-1-4-11/h2,5-6,9,11,14,17H,1,3-4,7-8,10H2. The minimum atomic E-state index is 0.126. The first-order valence-electron chi connectivity index (χ1n) is 7.02. The summed E-state index contributed by atoms with van der Waals surface area (Å²) in [5.41, 5.74) is 1.13. The van der Waals surface area contributed by atoms with Crippen molar-refractivity contribution in [2.75, 3.05) is 19.6 Å². The summed E-state index contributed by atoms with van der Waals surface area (Å²) in [7, 11) is 0. The van der Waals surface area contributed by atoms with Crippen LogP contribution < -0.4 is 5.32 Å². The second-order valence-electron chi connectivity index (χ2n) is 5.43. The Morgan fingerprint density at radius 2 is 2.21 bits per heavy atom. The summed E-state index contributed by atoms with van der Waals surface area (Å²) in [6.07, 6.45) is 3.32. The maximum absolute atomic E-state index is 12.5. The van der Waals surface area contributed by atoms with Gasteiger partial charge in [0.1, 0.15) is 0 Å². The van der Waals surface area contributed by atoms with Crippen molar-refractivity contribution >= 4 is 17.5 Å². The third-order valence-corrected chi connectivity index (χ3v) is 4.45. The summed E-state index contributed by atoms with van der Waals surface area (Å²) in [6.45, 7) is 2.50. The van der Waals surface area contributed by atoms with Crippen LogP contribution in [0.2, 0.25) is 5.02 Å². The number of carbonyl (C=O) groups is 1. The van der Waals surface area contributed by atoms with Gasteiger partial charge in [0.05, 0.1) is 6.04 Å². The monoisotopic (exact) mass is 278 g/mol. The van der Waals surface area contributed by atoms with Crippen molar-refractivity contribution in [2.45, 2.75) is 25.3 Å². The smallest absolute Gasteiger partial charge is 0.226 e. The van der Waals surface area contributed by atoms with Gasteiger partial charge in [-0.25, -0.2) is 0 Å². The zero-order valence-corrected chi connectivity index (χ0v) is 11.7. The fourth-order valence-electron chi connectivity index (χ4n) is 2.87. The molecular weight excluding hydrogens is 260 g/mol. The van der Waals surface area contributed by atoms with Crippen molar-refractivity contribution < 1.29 is 4.79 Å². The molecule has 102 valence electrons. The van der Waals surface area contributed by atoms with E-state index < -0.39 is 0 Å². The average molecular weight is 279 g/mol. The van der Waals surface area contributed by atoms with Crippen LogP contribution in [-0.4, -0.2) is 30.4 Å². The number of nitrogens with one attached hydrogen (secondary N) is 1. The first-order chi connectivity index (χ1) is 9.25. The lowest BCUT2D eigenvalue weighted by atomic mass is 9.83. The van der Waals surface area contributed by atoms with Crippen LogP contribution in [0.3, 0.4) is 0 Å². The SMILES string of the molecule is O=C(C1CCC1)N1CCNCC1c1cccc(Cl)c1. The van der Waals surface area contributed by atoms with Crippen LogP contribution in [0.1, 0.15) is 30.9 Å². The van der Waals surface area contributed by atoms with E-state index in [2.05, 4.69) is 11.4 Å². The summed E-state index contributed by atoms with van der Waals surface area (Å²) in [4.78, 5) is 14.6. The molecule has 0 spiro atoms. The van der Waals surface area contributed by atoms with Crippen LogP contribution >= 0.6 is 11.6 Å². The molecule has 1 aliphatic heterocycles. The normalized spacial score (nSPS) is 24.1. The van der Waals surface area contributed by atoms with E-state index in [1.54, 1.807) is 0 Å². The average Bonchev–Trinajstić information content (AvgIpc) is 2.37. The van der Waals surface area contributed by atoms with E-state index in [0.717, 1.165) is 43.1 Å². The van der Waals surface area contributed by atoms with Crippen LogP contribution in [0.15, 0.2) is 24.3 Å². The van der Waals surface area contributed by atoms with Gasteiger partial charge >= 0.3 is 0 Å². The molecule has 1 aliphatic carbocycles. The third-order valence-electron chi connectivity index (χ3n) is 4.21. The van der Waals surface area contributed by atoms with Crippen LogP contribution in [0, 0.1) is 5.92 Å². The van der Waals surface area contributed by atoms with E-state index in [1.807, 2.05) is 23.1 Å². The number of benzene rings is 1. The molecule has 19 heavy (non-hydrogen) atoms. The minimum absolute atomic E-state index is 0.126. The van der Waals surface area contributed by atoms with Crippen molar-refractivity contribution in [3.63, 3.8) is 0 Å². The number of rotatable bonds is 2. The van der Waals surface area contributed by atoms with Crippen molar-refractivity contribution in [3.05, 3.63) is 34.9 Å². The largest absolute Gasteiger partial charge is 0.333 e. The molecule has 0 bridgehead atoms. The molecule has 1 aromatic carbocycles. The zero-order chi connectivity index (χ0) is 13.2. The second kappa shape index (κ2) is 5.51. The van der Waals surface area contributed by atoms with Gasteiger partial charge in [0.25, 0.3) is 0 Å². The number of hydrogen-bond acceptors (Lipinski definition) is 2. The lowest BCUT2D eigenvalue weighted by Gasteiger charge is -2.40. The molecule has 1 unspecified atom stereocenters. The second-order valence-corrected chi connectivity index (χ2v) is 5.87. The van der Waals surface area contributed by atoms with Gasteiger partial charge in [0, 0.05) is 30.6 Å². The van der Waals surface area contributed by atoms with Gasteiger partial charge in [-0.2, -0.15) is 0 Å². The Bertz CT molecular complexity index is 473. The summed E-state index contributed by atoms with van der Waals surface area (Å²) in [6, 6.07) is 7.99. The number of nitrogens with zero attached hydrogens (tertiary/aromatic N) is 1. The Labute approximate surface area is 118 Å². The van der Waals surface area contributed by atoms with E-state index in [9.17, 15) is 4.79 Å².